The molecule has 0 fully saturated rings. The lowest BCUT2D eigenvalue weighted by molar-refractivity contribution is 0.192. The van der Waals surface area contributed by atoms with Crippen LogP contribution in [-0.4, -0.2) is 18.3 Å². The summed E-state index contributed by atoms with van der Waals surface area (Å²) in [5, 5.41) is 9.82. The van der Waals surface area contributed by atoms with Gasteiger partial charge in [0.05, 0.1) is 19.3 Å². The van der Waals surface area contributed by atoms with Crippen molar-refractivity contribution in [2.24, 2.45) is 0 Å². The van der Waals surface area contributed by atoms with Crippen LogP contribution in [0.25, 0.3) is 0 Å². The van der Waals surface area contributed by atoms with E-state index in [0.717, 1.165) is 48.7 Å². The summed E-state index contributed by atoms with van der Waals surface area (Å²) in [6.07, 6.45) is 1.33. The van der Waals surface area contributed by atoms with Gasteiger partial charge >= 0.3 is 0 Å². The van der Waals surface area contributed by atoms with Crippen LogP contribution >= 0.6 is 0 Å². The average Bonchev–Trinajstić information content (AvgIpc) is 2.79. The van der Waals surface area contributed by atoms with Crippen molar-refractivity contribution in [2.45, 2.75) is 25.9 Å². The van der Waals surface area contributed by atoms with Crippen LogP contribution in [-0.2, 0) is 12.8 Å². The maximum Gasteiger partial charge on any atom is 0.128 e. The second kappa shape index (κ2) is 3.14. The first kappa shape index (κ1) is 9.04. The Balaban J connectivity index is 2.25. The van der Waals surface area contributed by atoms with Gasteiger partial charge in [-0.05, 0) is 13.0 Å². The van der Waals surface area contributed by atoms with E-state index < -0.39 is 6.10 Å². The molecule has 0 aliphatic carbocycles. The minimum absolute atomic E-state index is 0.478. The Hall–Kier alpha value is -1.22. The fourth-order valence-corrected chi connectivity index (χ4v) is 2.46. The molecular formula is C12H14O3. The van der Waals surface area contributed by atoms with Crippen LogP contribution in [0.1, 0.15) is 29.7 Å². The van der Waals surface area contributed by atoms with Crippen molar-refractivity contribution in [1.82, 2.24) is 0 Å². The fourth-order valence-electron chi connectivity index (χ4n) is 2.46. The lowest BCUT2D eigenvalue weighted by Crippen LogP contribution is -2.00. The average molecular weight is 206 g/mol. The van der Waals surface area contributed by atoms with E-state index in [4.69, 9.17) is 9.47 Å². The SMILES string of the molecule is CC(O)c1c2c(cc3c1OCC3)OCC2. The van der Waals surface area contributed by atoms with Crippen LogP contribution < -0.4 is 9.47 Å². The molecule has 2 aliphatic rings. The second-order valence-corrected chi connectivity index (χ2v) is 4.13. The predicted octanol–water partition coefficient (Wildman–Crippen LogP) is 1.61. The van der Waals surface area contributed by atoms with Gasteiger partial charge < -0.3 is 14.6 Å². The van der Waals surface area contributed by atoms with Crippen molar-refractivity contribution < 1.29 is 14.6 Å². The summed E-state index contributed by atoms with van der Waals surface area (Å²) in [7, 11) is 0. The molecule has 3 nitrogen and oxygen atoms in total. The molecule has 1 unspecified atom stereocenters. The first-order valence-electron chi connectivity index (χ1n) is 5.39. The van der Waals surface area contributed by atoms with Gasteiger partial charge in [-0.3, -0.25) is 0 Å². The monoisotopic (exact) mass is 206 g/mol. The third kappa shape index (κ3) is 1.23. The quantitative estimate of drug-likeness (QED) is 0.758. The summed E-state index contributed by atoms with van der Waals surface area (Å²) >= 11 is 0. The molecule has 0 spiro atoms. The van der Waals surface area contributed by atoms with E-state index in [2.05, 4.69) is 6.07 Å². The zero-order valence-electron chi connectivity index (χ0n) is 8.75. The summed E-state index contributed by atoms with van der Waals surface area (Å²) in [4.78, 5) is 0. The topological polar surface area (TPSA) is 38.7 Å². The van der Waals surface area contributed by atoms with Crippen molar-refractivity contribution in [3.63, 3.8) is 0 Å². The van der Waals surface area contributed by atoms with Crippen LogP contribution in [0.4, 0.5) is 0 Å². The van der Waals surface area contributed by atoms with Crippen LogP contribution in [0, 0.1) is 0 Å². The molecule has 0 bridgehead atoms. The Bertz CT molecular complexity index is 378. The van der Waals surface area contributed by atoms with E-state index in [1.165, 1.54) is 5.56 Å². The maximum atomic E-state index is 9.82. The number of benzene rings is 1. The second-order valence-electron chi connectivity index (χ2n) is 4.13. The minimum atomic E-state index is -0.478. The highest BCUT2D eigenvalue weighted by Crippen LogP contribution is 2.43. The summed E-state index contributed by atoms with van der Waals surface area (Å²) in [6, 6.07) is 2.07. The van der Waals surface area contributed by atoms with Gasteiger partial charge in [0.1, 0.15) is 11.5 Å². The number of aliphatic hydroxyl groups is 1. The van der Waals surface area contributed by atoms with Gasteiger partial charge in [0.25, 0.3) is 0 Å². The molecule has 2 aliphatic heterocycles. The van der Waals surface area contributed by atoms with E-state index in [-0.39, 0.29) is 0 Å². The normalized spacial score (nSPS) is 19.1. The molecule has 0 amide bonds. The molecule has 1 N–H and O–H groups in total. The molecular weight excluding hydrogens is 192 g/mol. The van der Waals surface area contributed by atoms with E-state index >= 15 is 0 Å². The predicted molar refractivity (Wildman–Crippen MR) is 55.5 cm³/mol. The van der Waals surface area contributed by atoms with Crippen molar-refractivity contribution in [3.8, 4) is 11.5 Å². The van der Waals surface area contributed by atoms with Gasteiger partial charge in [-0.1, -0.05) is 0 Å². The number of hydrogen-bond acceptors (Lipinski definition) is 3. The molecule has 80 valence electrons. The van der Waals surface area contributed by atoms with Gasteiger partial charge in [0, 0.05) is 29.5 Å². The molecule has 1 atom stereocenters. The standard InChI is InChI=1S/C12H14O3/c1-7(13)11-9-3-5-14-10(9)6-8-2-4-15-12(8)11/h6-7,13H,2-5H2,1H3. The fraction of sp³-hybridized carbons (Fsp3) is 0.500. The number of aliphatic hydroxyl groups excluding tert-OH is 1. The highest BCUT2D eigenvalue weighted by molar-refractivity contribution is 5.57. The molecule has 0 aromatic heterocycles. The summed E-state index contributed by atoms with van der Waals surface area (Å²) in [6.45, 7) is 3.23. The van der Waals surface area contributed by atoms with Gasteiger partial charge in [-0.2, -0.15) is 0 Å². The van der Waals surface area contributed by atoms with Gasteiger partial charge in [0.15, 0.2) is 0 Å². The van der Waals surface area contributed by atoms with Gasteiger partial charge in [0.2, 0.25) is 0 Å². The van der Waals surface area contributed by atoms with E-state index in [9.17, 15) is 5.11 Å². The largest absolute Gasteiger partial charge is 0.493 e. The molecule has 1 aromatic rings. The molecule has 1 aromatic carbocycles. The maximum absolute atomic E-state index is 9.82. The summed E-state index contributed by atoms with van der Waals surface area (Å²) < 4.78 is 11.1. The highest BCUT2D eigenvalue weighted by atomic mass is 16.5. The van der Waals surface area contributed by atoms with Crippen LogP contribution in [0.2, 0.25) is 0 Å². The van der Waals surface area contributed by atoms with E-state index in [1.54, 1.807) is 6.92 Å². The number of hydrogen-bond donors (Lipinski definition) is 1. The smallest absolute Gasteiger partial charge is 0.128 e. The summed E-state index contributed by atoms with van der Waals surface area (Å²) in [5.74, 6) is 1.84. The lowest BCUT2D eigenvalue weighted by atomic mass is 9.96. The molecule has 2 heterocycles. The van der Waals surface area contributed by atoms with Crippen molar-refractivity contribution in [3.05, 3.63) is 22.8 Å². The first-order valence-corrected chi connectivity index (χ1v) is 5.39. The van der Waals surface area contributed by atoms with Crippen LogP contribution in [0.3, 0.4) is 0 Å². The highest BCUT2D eigenvalue weighted by Gasteiger charge is 2.28. The van der Waals surface area contributed by atoms with E-state index in [1.807, 2.05) is 0 Å². The molecule has 15 heavy (non-hydrogen) atoms. The van der Waals surface area contributed by atoms with Crippen molar-refractivity contribution in [2.75, 3.05) is 13.2 Å². The Morgan fingerprint density at radius 1 is 1.27 bits per heavy atom. The molecule has 0 saturated heterocycles. The van der Waals surface area contributed by atoms with Crippen molar-refractivity contribution in [1.29, 1.82) is 0 Å². The molecule has 0 saturated carbocycles. The first-order chi connectivity index (χ1) is 7.27. The van der Waals surface area contributed by atoms with Crippen LogP contribution in [0.15, 0.2) is 6.07 Å². The van der Waals surface area contributed by atoms with E-state index in [0.29, 0.717) is 0 Å². The Morgan fingerprint density at radius 2 is 2.07 bits per heavy atom. The number of ether oxygens (including phenoxy) is 2. The summed E-state index contributed by atoms with van der Waals surface area (Å²) in [5.41, 5.74) is 3.25. The number of fused-ring (bicyclic) bond motifs is 2. The third-order valence-corrected chi connectivity index (χ3v) is 3.11. The number of rotatable bonds is 1. The Kier molecular flexibility index (Phi) is 1.89. The zero-order chi connectivity index (χ0) is 10.4. The zero-order valence-corrected chi connectivity index (χ0v) is 8.75. The molecule has 0 radical (unpaired) electrons. The van der Waals surface area contributed by atoms with Crippen molar-refractivity contribution >= 4 is 0 Å². The Labute approximate surface area is 88.6 Å². The third-order valence-electron chi connectivity index (χ3n) is 3.11. The molecule has 3 heteroatoms. The molecule has 3 rings (SSSR count). The minimum Gasteiger partial charge on any atom is -0.493 e. The van der Waals surface area contributed by atoms with Gasteiger partial charge in [-0.15, -0.1) is 0 Å². The van der Waals surface area contributed by atoms with Crippen LogP contribution in [0.5, 0.6) is 11.5 Å². The Morgan fingerprint density at radius 3 is 2.87 bits per heavy atom. The van der Waals surface area contributed by atoms with Gasteiger partial charge in [-0.25, -0.2) is 0 Å². The lowest BCUT2D eigenvalue weighted by Gasteiger charge is -2.14.